The number of nitrogens with zero attached hydrogens (tertiary/aromatic N) is 2. The first-order valence-electron chi connectivity index (χ1n) is 5.74. The van der Waals surface area contributed by atoms with Gasteiger partial charge in [-0.25, -0.2) is 0 Å². The van der Waals surface area contributed by atoms with Crippen molar-refractivity contribution in [2.75, 3.05) is 0 Å². The van der Waals surface area contributed by atoms with Gasteiger partial charge in [-0.2, -0.15) is 5.26 Å². The molecule has 0 unspecified atom stereocenters. The van der Waals surface area contributed by atoms with Crippen LogP contribution >= 0.6 is 31.9 Å². The highest BCUT2D eigenvalue weighted by Crippen LogP contribution is 2.40. The van der Waals surface area contributed by atoms with Crippen molar-refractivity contribution < 1.29 is 9.66 Å². The number of benzene rings is 2. The smallest absolute Gasteiger partial charge is 0.271 e. The first-order chi connectivity index (χ1) is 9.92. The van der Waals surface area contributed by atoms with Gasteiger partial charge in [-0.1, -0.05) is 6.07 Å². The maximum absolute atomic E-state index is 10.8. The molecule has 2 rings (SSSR count). The number of hydrogen-bond donors (Lipinski definition) is 0. The van der Waals surface area contributed by atoms with Gasteiger partial charge < -0.3 is 4.74 Å². The molecule has 0 fully saturated rings. The number of ether oxygens (including phenoxy) is 1. The highest BCUT2D eigenvalue weighted by atomic mass is 79.9. The summed E-state index contributed by atoms with van der Waals surface area (Å²) in [5.41, 5.74) is 1.28. The van der Waals surface area contributed by atoms with E-state index in [-0.39, 0.29) is 5.69 Å². The molecule has 0 N–H and O–H groups in total. The monoisotopic (exact) mass is 410 g/mol. The van der Waals surface area contributed by atoms with Crippen molar-refractivity contribution in [3.05, 3.63) is 60.5 Å². The summed E-state index contributed by atoms with van der Waals surface area (Å²) in [6.07, 6.45) is 0. The zero-order valence-corrected chi connectivity index (χ0v) is 13.9. The second kappa shape index (κ2) is 6.24. The topological polar surface area (TPSA) is 76.2 Å². The van der Waals surface area contributed by atoms with Crippen molar-refractivity contribution in [3.8, 4) is 17.6 Å². The Kier molecular flexibility index (Phi) is 4.60. The van der Waals surface area contributed by atoms with Gasteiger partial charge in [0.05, 0.1) is 19.4 Å². The zero-order chi connectivity index (χ0) is 15.6. The molecule has 2 aromatic carbocycles. The molecule has 106 valence electrons. The van der Waals surface area contributed by atoms with E-state index in [1.54, 1.807) is 12.1 Å². The predicted octanol–water partition coefficient (Wildman–Crippen LogP) is 5.09. The van der Waals surface area contributed by atoms with Crippen LogP contribution in [0.2, 0.25) is 0 Å². The lowest BCUT2D eigenvalue weighted by molar-refractivity contribution is -0.385. The minimum Gasteiger partial charge on any atom is -0.454 e. The molecule has 0 aliphatic heterocycles. The number of nitro benzene ring substituents is 1. The van der Waals surface area contributed by atoms with E-state index in [9.17, 15) is 10.1 Å². The van der Waals surface area contributed by atoms with Gasteiger partial charge >= 0.3 is 0 Å². The third kappa shape index (κ3) is 3.40. The van der Waals surface area contributed by atoms with Gasteiger partial charge in [0.1, 0.15) is 11.8 Å². The summed E-state index contributed by atoms with van der Waals surface area (Å²) in [5, 5.41) is 19.9. The molecule has 0 radical (unpaired) electrons. The number of nitriles is 1. The highest BCUT2D eigenvalue weighted by Gasteiger charge is 2.17. The quantitative estimate of drug-likeness (QED) is 0.520. The van der Waals surface area contributed by atoms with Crippen LogP contribution < -0.4 is 4.74 Å². The predicted molar refractivity (Wildman–Crippen MR) is 84.5 cm³/mol. The molecule has 0 amide bonds. The molecular weight excluding hydrogens is 404 g/mol. The fourth-order valence-corrected chi connectivity index (χ4v) is 3.00. The van der Waals surface area contributed by atoms with Gasteiger partial charge in [-0.15, -0.1) is 0 Å². The highest BCUT2D eigenvalue weighted by molar-refractivity contribution is 9.11. The molecule has 0 saturated heterocycles. The molecular formula is C14H8Br2N2O3. The Bertz CT molecular complexity index is 746. The molecule has 0 heterocycles. The van der Waals surface area contributed by atoms with Crippen molar-refractivity contribution in [2.45, 2.75) is 6.92 Å². The minimum atomic E-state index is -0.494. The van der Waals surface area contributed by atoms with Crippen LogP contribution in [-0.2, 0) is 0 Å². The van der Waals surface area contributed by atoms with E-state index in [2.05, 4.69) is 37.9 Å². The van der Waals surface area contributed by atoms with E-state index >= 15 is 0 Å². The molecule has 0 bridgehead atoms. The maximum atomic E-state index is 10.8. The van der Waals surface area contributed by atoms with E-state index in [4.69, 9.17) is 10.00 Å². The maximum Gasteiger partial charge on any atom is 0.271 e. The number of nitro groups is 1. The average Bonchev–Trinajstić information content (AvgIpc) is 2.43. The van der Waals surface area contributed by atoms with Crippen molar-refractivity contribution in [2.24, 2.45) is 0 Å². The molecule has 0 aliphatic carbocycles. The third-order valence-electron chi connectivity index (χ3n) is 2.66. The van der Waals surface area contributed by atoms with E-state index < -0.39 is 4.92 Å². The Labute approximate surface area is 137 Å². The van der Waals surface area contributed by atoms with Crippen molar-refractivity contribution >= 4 is 37.5 Å². The summed E-state index contributed by atoms with van der Waals surface area (Å²) in [5.74, 6) is 0.763. The second-order valence-electron chi connectivity index (χ2n) is 4.21. The van der Waals surface area contributed by atoms with Crippen LogP contribution in [0, 0.1) is 28.4 Å². The lowest BCUT2D eigenvalue weighted by Gasteiger charge is -2.11. The molecule has 0 spiro atoms. The molecule has 7 heteroatoms. The van der Waals surface area contributed by atoms with Gasteiger partial charge in [-0.3, -0.25) is 10.1 Å². The van der Waals surface area contributed by atoms with Crippen LogP contribution in [0.1, 0.15) is 11.1 Å². The molecule has 5 nitrogen and oxygen atoms in total. The van der Waals surface area contributed by atoms with Crippen LogP contribution in [0.25, 0.3) is 0 Å². The molecule has 0 aromatic heterocycles. The molecule has 0 aliphatic rings. The number of aryl methyl sites for hydroxylation is 1. The van der Waals surface area contributed by atoms with Crippen LogP contribution in [-0.4, -0.2) is 4.92 Å². The first kappa shape index (κ1) is 15.5. The van der Waals surface area contributed by atoms with Crippen LogP contribution in [0.4, 0.5) is 5.69 Å². The second-order valence-corrected chi connectivity index (χ2v) is 5.92. The van der Waals surface area contributed by atoms with Gasteiger partial charge in [0, 0.05) is 12.1 Å². The van der Waals surface area contributed by atoms with Gasteiger partial charge in [0.2, 0.25) is 0 Å². The Morgan fingerprint density at radius 3 is 2.38 bits per heavy atom. The molecule has 0 atom stereocenters. The normalized spacial score (nSPS) is 10.0. The number of rotatable bonds is 3. The largest absolute Gasteiger partial charge is 0.454 e. The molecule has 2 aromatic rings. The summed E-state index contributed by atoms with van der Waals surface area (Å²) in [4.78, 5) is 10.3. The van der Waals surface area contributed by atoms with Gasteiger partial charge in [-0.05, 0) is 56.5 Å². The Morgan fingerprint density at radius 2 is 1.86 bits per heavy atom. The van der Waals surface area contributed by atoms with Gasteiger partial charge in [0.25, 0.3) is 5.69 Å². The van der Waals surface area contributed by atoms with Crippen LogP contribution in [0.3, 0.4) is 0 Å². The Balaban J connectivity index is 2.46. The third-order valence-corrected chi connectivity index (χ3v) is 3.84. The van der Waals surface area contributed by atoms with Gasteiger partial charge in [0.15, 0.2) is 5.75 Å². The minimum absolute atomic E-state index is 0.0643. The number of hydrogen-bond acceptors (Lipinski definition) is 4. The summed E-state index contributed by atoms with van der Waals surface area (Å²) in [7, 11) is 0. The standard InChI is InChI=1S/C14H8Br2N2O3/c1-8-2-3-13(9(4-8)7-17)21-14-11(15)5-10(18(19)20)6-12(14)16/h2-6H,1H3. The summed E-state index contributed by atoms with van der Waals surface area (Å²) >= 11 is 6.48. The SMILES string of the molecule is Cc1ccc(Oc2c(Br)cc([N+](=O)[O-])cc2Br)c(C#N)c1. The lowest BCUT2D eigenvalue weighted by atomic mass is 10.1. The van der Waals surface area contributed by atoms with E-state index in [0.717, 1.165) is 5.56 Å². The zero-order valence-electron chi connectivity index (χ0n) is 10.8. The fraction of sp³-hybridized carbons (Fsp3) is 0.0714. The fourth-order valence-electron chi connectivity index (χ4n) is 1.68. The lowest BCUT2D eigenvalue weighted by Crippen LogP contribution is -1.94. The Hall–Kier alpha value is -1.91. The van der Waals surface area contributed by atoms with Crippen molar-refractivity contribution in [1.29, 1.82) is 5.26 Å². The van der Waals surface area contributed by atoms with E-state index in [1.807, 2.05) is 13.0 Å². The summed E-state index contributed by atoms with van der Waals surface area (Å²) in [6, 6.07) is 9.98. The Morgan fingerprint density at radius 1 is 1.24 bits per heavy atom. The average molecular weight is 412 g/mol. The van der Waals surface area contributed by atoms with Crippen LogP contribution in [0.15, 0.2) is 39.3 Å². The van der Waals surface area contributed by atoms with E-state index in [1.165, 1.54) is 12.1 Å². The van der Waals surface area contributed by atoms with Crippen LogP contribution in [0.5, 0.6) is 11.5 Å². The number of halogens is 2. The molecule has 0 saturated carbocycles. The molecule has 21 heavy (non-hydrogen) atoms. The first-order valence-corrected chi connectivity index (χ1v) is 7.33. The summed E-state index contributed by atoms with van der Waals surface area (Å²) < 4.78 is 6.56. The summed E-state index contributed by atoms with van der Waals surface area (Å²) in [6.45, 7) is 1.88. The van der Waals surface area contributed by atoms with Crippen molar-refractivity contribution in [1.82, 2.24) is 0 Å². The number of non-ortho nitro benzene ring substituents is 1. The van der Waals surface area contributed by atoms with Crippen molar-refractivity contribution in [3.63, 3.8) is 0 Å². The van der Waals surface area contributed by atoms with E-state index in [0.29, 0.717) is 26.0 Å².